The maximum Gasteiger partial charge on any atom is 0.293 e. The highest BCUT2D eigenvalue weighted by Gasteiger charge is 2.31. The van der Waals surface area contributed by atoms with Crippen LogP contribution in [0, 0.1) is 16.0 Å². The lowest BCUT2D eigenvalue weighted by Gasteiger charge is -2.16. The number of nitro benzene ring substituents is 1. The Balaban J connectivity index is 1.73. The molecular formula is C19H22N4O3. The van der Waals surface area contributed by atoms with Gasteiger partial charge in [0.2, 0.25) is 0 Å². The maximum atomic E-state index is 12.4. The van der Waals surface area contributed by atoms with Crippen LogP contribution in [-0.4, -0.2) is 23.4 Å². The van der Waals surface area contributed by atoms with E-state index >= 15 is 0 Å². The van der Waals surface area contributed by atoms with Crippen molar-refractivity contribution in [3.8, 4) is 0 Å². The zero-order valence-electron chi connectivity index (χ0n) is 14.4. The Morgan fingerprint density at radius 2 is 1.96 bits per heavy atom. The molecule has 1 unspecified atom stereocenters. The molecule has 2 aromatic rings. The van der Waals surface area contributed by atoms with Crippen molar-refractivity contribution >= 4 is 17.3 Å². The summed E-state index contributed by atoms with van der Waals surface area (Å²) in [6, 6.07) is 14.0. The lowest BCUT2D eigenvalue weighted by Crippen LogP contribution is -2.41. The number of hydrogen-bond donors (Lipinski definition) is 3. The molecule has 0 heterocycles. The minimum Gasteiger partial charge on any atom is -0.375 e. The number of nitrogens with zero attached hydrogens (tertiary/aromatic N) is 1. The molecule has 0 radical (unpaired) electrons. The minimum absolute atomic E-state index is 0.0718. The Bertz CT molecular complexity index is 791. The summed E-state index contributed by atoms with van der Waals surface area (Å²) in [7, 11) is 0. The summed E-state index contributed by atoms with van der Waals surface area (Å²) in [5.41, 5.74) is 7.24. The second kappa shape index (κ2) is 7.97. The zero-order chi connectivity index (χ0) is 18.5. The van der Waals surface area contributed by atoms with Crippen molar-refractivity contribution in [2.75, 3.05) is 11.9 Å². The molecule has 4 N–H and O–H groups in total. The Labute approximate surface area is 151 Å². The van der Waals surface area contributed by atoms with E-state index in [4.69, 9.17) is 5.73 Å². The third kappa shape index (κ3) is 4.37. The molecule has 7 heteroatoms. The van der Waals surface area contributed by atoms with E-state index in [2.05, 4.69) is 10.6 Å². The largest absolute Gasteiger partial charge is 0.375 e. The molecule has 7 nitrogen and oxygen atoms in total. The van der Waals surface area contributed by atoms with Crippen LogP contribution in [0.15, 0.2) is 48.5 Å². The van der Waals surface area contributed by atoms with Gasteiger partial charge in [-0.1, -0.05) is 30.3 Å². The summed E-state index contributed by atoms with van der Waals surface area (Å²) >= 11 is 0. The highest BCUT2D eigenvalue weighted by atomic mass is 16.6. The number of carbonyl (C=O) groups is 1. The molecule has 3 rings (SSSR count). The molecular weight excluding hydrogens is 332 g/mol. The van der Waals surface area contributed by atoms with Gasteiger partial charge >= 0.3 is 0 Å². The van der Waals surface area contributed by atoms with E-state index in [0.29, 0.717) is 24.7 Å². The van der Waals surface area contributed by atoms with Crippen molar-refractivity contribution in [1.29, 1.82) is 0 Å². The summed E-state index contributed by atoms with van der Waals surface area (Å²) in [4.78, 5) is 23.3. The van der Waals surface area contributed by atoms with Crippen LogP contribution in [0.2, 0.25) is 0 Å². The van der Waals surface area contributed by atoms with Crippen molar-refractivity contribution in [2.45, 2.75) is 25.4 Å². The van der Waals surface area contributed by atoms with Gasteiger partial charge in [0.1, 0.15) is 5.69 Å². The molecule has 2 aromatic carbocycles. The first-order chi connectivity index (χ1) is 12.6. The highest BCUT2D eigenvalue weighted by molar-refractivity contribution is 5.96. The Morgan fingerprint density at radius 3 is 2.58 bits per heavy atom. The van der Waals surface area contributed by atoms with Gasteiger partial charge in [0, 0.05) is 30.8 Å². The molecule has 1 aliphatic carbocycles. The Morgan fingerprint density at radius 1 is 1.23 bits per heavy atom. The van der Waals surface area contributed by atoms with Crippen molar-refractivity contribution in [3.63, 3.8) is 0 Å². The van der Waals surface area contributed by atoms with E-state index in [9.17, 15) is 14.9 Å². The first kappa shape index (κ1) is 17.9. The summed E-state index contributed by atoms with van der Waals surface area (Å²) in [6.45, 7) is 0.833. The minimum atomic E-state index is -0.481. The highest BCUT2D eigenvalue weighted by Crippen LogP contribution is 2.32. The van der Waals surface area contributed by atoms with Gasteiger partial charge in [0.25, 0.3) is 11.6 Å². The van der Waals surface area contributed by atoms with Crippen LogP contribution >= 0.6 is 0 Å². The van der Waals surface area contributed by atoms with Crippen LogP contribution in [0.25, 0.3) is 0 Å². The Hall–Kier alpha value is -2.93. The van der Waals surface area contributed by atoms with E-state index in [1.807, 2.05) is 30.3 Å². The van der Waals surface area contributed by atoms with Crippen LogP contribution in [-0.2, 0) is 6.54 Å². The lowest BCUT2D eigenvalue weighted by molar-refractivity contribution is -0.384. The van der Waals surface area contributed by atoms with Crippen LogP contribution < -0.4 is 16.4 Å². The van der Waals surface area contributed by atoms with Gasteiger partial charge < -0.3 is 16.4 Å². The SMILES string of the molecule is NCC(NC(=O)c1ccc(NCc2ccccc2)c([N+](=O)[O-])c1)C1CC1. The van der Waals surface area contributed by atoms with E-state index in [1.165, 1.54) is 6.07 Å². The second-order valence-corrected chi connectivity index (χ2v) is 6.48. The Kier molecular flexibility index (Phi) is 5.48. The molecule has 0 spiro atoms. The fourth-order valence-corrected chi connectivity index (χ4v) is 2.89. The molecule has 0 bridgehead atoms. The smallest absolute Gasteiger partial charge is 0.293 e. The van der Waals surface area contributed by atoms with Crippen molar-refractivity contribution in [1.82, 2.24) is 5.32 Å². The summed E-state index contributed by atoms with van der Waals surface area (Å²) in [6.07, 6.45) is 2.12. The number of benzene rings is 2. The third-order valence-corrected chi connectivity index (χ3v) is 4.54. The molecule has 1 amide bonds. The molecule has 1 saturated carbocycles. The third-order valence-electron chi connectivity index (χ3n) is 4.54. The first-order valence-electron chi connectivity index (χ1n) is 8.65. The number of nitro groups is 1. The van der Waals surface area contributed by atoms with Crippen LogP contribution in [0.1, 0.15) is 28.8 Å². The number of amides is 1. The molecule has 26 heavy (non-hydrogen) atoms. The molecule has 0 aromatic heterocycles. The van der Waals surface area contributed by atoms with Gasteiger partial charge in [0.05, 0.1) is 4.92 Å². The number of hydrogen-bond acceptors (Lipinski definition) is 5. The molecule has 1 aliphatic rings. The molecule has 0 aliphatic heterocycles. The van der Waals surface area contributed by atoms with Crippen molar-refractivity contribution < 1.29 is 9.72 Å². The fourth-order valence-electron chi connectivity index (χ4n) is 2.89. The summed E-state index contributed by atoms with van der Waals surface area (Å²) in [5, 5.41) is 17.4. The normalized spacial score (nSPS) is 14.5. The lowest BCUT2D eigenvalue weighted by atomic mass is 10.1. The van der Waals surface area contributed by atoms with Gasteiger partial charge in [-0.3, -0.25) is 14.9 Å². The van der Waals surface area contributed by atoms with E-state index in [-0.39, 0.29) is 23.2 Å². The van der Waals surface area contributed by atoms with Gasteiger partial charge in [-0.15, -0.1) is 0 Å². The van der Waals surface area contributed by atoms with Gasteiger partial charge in [-0.25, -0.2) is 0 Å². The van der Waals surface area contributed by atoms with E-state index in [0.717, 1.165) is 18.4 Å². The van der Waals surface area contributed by atoms with Gasteiger partial charge in [0.15, 0.2) is 0 Å². The molecule has 136 valence electrons. The molecule has 1 fully saturated rings. The number of rotatable bonds is 8. The number of carbonyl (C=O) groups excluding carboxylic acids is 1. The monoisotopic (exact) mass is 354 g/mol. The summed E-state index contributed by atoms with van der Waals surface area (Å²) < 4.78 is 0. The van der Waals surface area contributed by atoms with Gasteiger partial charge in [-0.05, 0) is 36.5 Å². The predicted octanol–water partition coefficient (Wildman–Crippen LogP) is 2.67. The average molecular weight is 354 g/mol. The van der Waals surface area contributed by atoms with Crippen molar-refractivity contribution in [2.24, 2.45) is 11.7 Å². The number of nitrogens with two attached hydrogens (primary N) is 1. The van der Waals surface area contributed by atoms with Crippen LogP contribution in [0.4, 0.5) is 11.4 Å². The van der Waals surface area contributed by atoms with Gasteiger partial charge in [-0.2, -0.15) is 0 Å². The summed E-state index contributed by atoms with van der Waals surface area (Å²) in [5.74, 6) is 0.0933. The standard InChI is InChI=1S/C19H22N4O3/c20-11-17(14-6-7-14)22-19(24)15-8-9-16(18(10-15)23(25)26)21-12-13-4-2-1-3-5-13/h1-5,8-10,14,17,21H,6-7,11-12,20H2,(H,22,24). The zero-order valence-corrected chi connectivity index (χ0v) is 14.4. The maximum absolute atomic E-state index is 12.4. The number of anilines is 1. The predicted molar refractivity (Wildman–Crippen MR) is 99.9 cm³/mol. The molecule has 0 saturated heterocycles. The van der Waals surface area contributed by atoms with Crippen molar-refractivity contribution in [3.05, 3.63) is 69.8 Å². The fraction of sp³-hybridized carbons (Fsp3) is 0.316. The first-order valence-corrected chi connectivity index (χ1v) is 8.65. The van der Waals surface area contributed by atoms with Crippen LogP contribution in [0.5, 0.6) is 0 Å². The quantitative estimate of drug-likeness (QED) is 0.499. The molecule has 1 atom stereocenters. The second-order valence-electron chi connectivity index (χ2n) is 6.48. The average Bonchev–Trinajstić information content (AvgIpc) is 3.50. The van der Waals surface area contributed by atoms with E-state index < -0.39 is 4.92 Å². The van der Waals surface area contributed by atoms with Crippen LogP contribution in [0.3, 0.4) is 0 Å². The van der Waals surface area contributed by atoms with E-state index in [1.54, 1.807) is 12.1 Å². The topological polar surface area (TPSA) is 110 Å². The number of nitrogens with one attached hydrogen (secondary N) is 2.